The highest BCUT2D eigenvalue weighted by molar-refractivity contribution is 5.73. The van der Waals surface area contributed by atoms with Gasteiger partial charge in [0, 0.05) is 11.1 Å². The number of carboxylic acid groups (broad SMARTS) is 1. The van der Waals surface area contributed by atoms with Gasteiger partial charge in [0.05, 0.1) is 25.2 Å². The molecule has 0 aliphatic carbocycles. The quantitative estimate of drug-likeness (QED) is 0.300. The highest BCUT2D eigenvalue weighted by Gasteiger charge is 2.43. The normalized spacial score (nSPS) is 13.0. The van der Waals surface area contributed by atoms with Crippen LogP contribution in [0.4, 0.5) is 13.2 Å². The molecule has 1 unspecified atom stereocenters. The Balaban J connectivity index is 1.53. The number of hydrogen-bond acceptors (Lipinski definition) is 6. The van der Waals surface area contributed by atoms with Crippen molar-refractivity contribution in [1.29, 1.82) is 0 Å². The number of benzene rings is 3. The standard InChI is InChI=1S/C28H24F3N3O4/c1-37-22-7-3-5-20(14-22)19-4-2-6-21(13-19)26(28(29,30)31)38-25-16-33-24(15-34-25)18-10-8-17(9-11-18)12-23(32)27(35)36/h2-11,13-16,23,26H,12,32H2,1H3,(H,35,36)/t23-,26?/m0/s1. The molecule has 7 nitrogen and oxygen atoms in total. The molecule has 0 aliphatic rings. The Morgan fingerprint density at radius 2 is 1.63 bits per heavy atom. The minimum atomic E-state index is -4.71. The molecule has 2 atom stereocenters. The van der Waals surface area contributed by atoms with E-state index in [9.17, 15) is 18.0 Å². The Morgan fingerprint density at radius 1 is 0.947 bits per heavy atom. The summed E-state index contributed by atoms with van der Waals surface area (Å²) in [5, 5.41) is 8.94. The molecule has 0 amide bonds. The first kappa shape index (κ1) is 26.6. The van der Waals surface area contributed by atoms with Gasteiger partial charge >= 0.3 is 12.1 Å². The third-order valence-electron chi connectivity index (χ3n) is 5.78. The maximum Gasteiger partial charge on any atom is 0.429 e. The number of aliphatic carboxylic acids is 1. The number of halogens is 3. The number of nitrogens with two attached hydrogens (primary N) is 1. The summed E-state index contributed by atoms with van der Waals surface area (Å²) in [4.78, 5) is 19.2. The maximum atomic E-state index is 14.0. The van der Waals surface area contributed by atoms with Gasteiger partial charge in [0.2, 0.25) is 12.0 Å². The lowest BCUT2D eigenvalue weighted by Gasteiger charge is -2.22. The van der Waals surface area contributed by atoms with Crippen molar-refractivity contribution in [3.8, 4) is 34.0 Å². The van der Waals surface area contributed by atoms with Gasteiger partial charge in [-0.15, -0.1) is 0 Å². The molecule has 1 aromatic heterocycles. The van der Waals surface area contributed by atoms with Crippen molar-refractivity contribution in [2.75, 3.05) is 7.11 Å². The molecule has 38 heavy (non-hydrogen) atoms. The highest BCUT2D eigenvalue weighted by Crippen LogP contribution is 2.38. The summed E-state index contributed by atoms with van der Waals surface area (Å²) in [6.07, 6.45) is -4.36. The van der Waals surface area contributed by atoms with Crippen LogP contribution in [0.3, 0.4) is 0 Å². The number of methoxy groups -OCH3 is 1. The lowest BCUT2D eigenvalue weighted by molar-refractivity contribution is -0.198. The van der Waals surface area contributed by atoms with Crippen molar-refractivity contribution in [1.82, 2.24) is 9.97 Å². The molecule has 196 valence electrons. The van der Waals surface area contributed by atoms with Crippen molar-refractivity contribution in [2.45, 2.75) is 24.7 Å². The summed E-state index contributed by atoms with van der Waals surface area (Å²) in [6, 6.07) is 18.8. The number of rotatable bonds is 9. The molecule has 0 fully saturated rings. The zero-order valence-corrected chi connectivity index (χ0v) is 20.2. The van der Waals surface area contributed by atoms with Crippen LogP contribution >= 0.6 is 0 Å². The highest BCUT2D eigenvalue weighted by atomic mass is 19.4. The fraction of sp³-hybridized carbons (Fsp3) is 0.179. The van der Waals surface area contributed by atoms with E-state index in [1.54, 1.807) is 54.6 Å². The van der Waals surface area contributed by atoms with E-state index >= 15 is 0 Å². The van der Waals surface area contributed by atoms with Gasteiger partial charge in [-0.05, 0) is 41.3 Å². The van der Waals surface area contributed by atoms with E-state index < -0.39 is 24.3 Å². The average Bonchev–Trinajstić information content (AvgIpc) is 2.92. The van der Waals surface area contributed by atoms with Gasteiger partial charge in [-0.2, -0.15) is 13.2 Å². The van der Waals surface area contributed by atoms with Gasteiger partial charge in [0.1, 0.15) is 11.8 Å². The van der Waals surface area contributed by atoms with E-state index in [0.29, 0.717) is 28.1 Å². The van der Waals surface area contributed by atoms with Gasteiger partial charge in [-0.25, -0.2) is 9.97 Å². The molecular formula is C28H24F3N3O4. The van der Waals surface area contributed by atoms with Crippen LogP contribution in [-0.4, -0.2) is 40.4 Å². The first-order valence-electron chi connectivity index (χ1n) is 11.5. The number of carbonyl (C=O) groups is 1. The molecule has 4 aromatic rings. The first-order valence-corrected chi connectivity index (χ1v) is 11.5. The zero-order chi connectivity index (χ0) is 27.3. The molecule has 0 aliphatic heterocycles. The number of ether oxygens (including phenoxy) is 2. The summed E-state index contributed by atoms with van der Waals surface area (Å²) >= 11 is 0. The average molecular weight is 524 g/mol. The fourth-order valence-corrected chi connectivity index (χ4v) is 3.81. The van der Waals surface area contributed by atoms with E-state index in [1.807, 2.05) is 0 Å². The second-order valence-electron chi connectivity index (χ2n) is 8.48. The van der Waals surface area contributed by atoms with Gasteiger partial charge in [0.15, 0.2) is 0 Å². The maximum absolute atomic E-state index is 14.0. The molecule has 0 bridgehead atoms. The van der Waals surface area contributed by atoms with Crippen LogP contribution < -0.4 is 15.2 Å². The molecule has 0 spiro atoms. The molecule has 0 saturated heterocycles. The van der Waals surface area contributed by atoms with Crippen LogP contribution in [0.15, 0.2) is 85.2 Å². The first-order chi connectivity index (χ1) is 18.1. The lowest BCUT2D eigenvalue weighted by atomic mass is 10.00. The number of hydrogen-bond donors (Lipinski definition) is 2. The van der Waals surface area contributed by atoms with Crippen LogP contribution in [0.25, 0.3) is 22.4 Å². The third-order valence-corrected chi connectivity index (χ3v) is 5.78. The Labute approximate surface area is 216 Å². The van der Waals surface area contributed by atoms with Crippen molar-refractivity contribution in [3.63, 3.8) is 0 Å². The van der Waals surface area contributed by atoms with Crippen molar-refractivity contribution >= 4 is 5.97 Å². The summed E-state index contributed by atoms with van der Waals surface area (Å²) in [5.74, 6) is -0.794. The minimum Gasteiger partial charge on any atom is -0.497 e. The van der Waals surface area contributed by atoms with Crippen molar-refractivity contribution < 1.29 is 32.5 Å². The van der Waals surface area contributed by atoms with Gasteiger partial charge < -0.3 is 20.3 Å². The van der Waals surface area contributed by atoms with E-state index in [2.05, 4.69) is 9.97 Å². The van der Waals surface area contributed by atoms with Crippen LogP contribution in [0, 0.1) is 0 Å². The summed E-state index contributed by atoms with van der Waals surface area (Å²) in [7, 11) is 1.52. The molecule has 0 radical (unpaired) electrons. The van der Waals surface area contributed by atoms with E-state index in [0.717, 1.165) is 11.8 Å². The van der Waals surface area contributed by atoms with Gasteiger partial charge in [-0.1, -0.05) is 54.6 Å². The second kappa shape index (κ2) is 11.3. The number of carboxylic acids is 1. The van der Waals surface area contributed by atoms with Gasteiger partial charge in [0.25, 0.3) is 0 Å². The Bertz CT molecular complexity index is 1390. The Morgan fingerprint density at radius 3 is 2.24 bits per heavy atom. The molecule has 3 aromatic carbocycles. The van der Waals surface area contributed by atoms with Crippen LogP contribution in [0.1, 0.15) is 17.2 Å². The van der Waals surface area contributed by atoms with E-state index in [-0.39, 0.29) is 17.9 Å². The largest absolute Gasteiger partial charge is 0.497 e. The van der Waals surface area contributed by atoms with E-state index in [4.69, 9.17) is 20.3 Å². The monoisotopic (exact) mass is 523 g/mol. The molecule has 4 rings (SSSR count). The molecule has 1 heterocycles. The SMILES string of the molecule is COc1cccc(-c2cccc(C(Oc3cnc(-c4ccc(C[C@H](N)C(=O)O)cc4)cn3)C(F)(F)F)c2)c1. The van der Waals surface area contributed by atoms with Crippen molar-refractivity contribution in [3.05, 3.63) is 96.3 Å². The fourth-order valence-electron chi connectivity index (χ4n) is 3.81. The lowest BCUT2D eigenvalue weighted by Crippen LogP contribution is -2.32. The molecular weight excluding hydrogens is 499 g/mol. The summed E-state index contributed by atoms with van der Waals surface area (Å²) in [5.41, 5.74) is 8.53. The predicted molar refractivity (Wildman–Crippen MR) is 135 cm³/mol. The number of aromatic nitrogens is 2. The Kier molecular flexibility index (Phi) is 7.92. The summed E-state index contributed by atoms with van der Waals surface area (Å²) in [6.45, 7) is 0. The molecule has 0 saturated carbocycles. The predicted octanol–water partition coefficient (Wildman–Crippen LogP) is 5.46. The van der Waals surface area contributed by atoms with Crippen LogP contribution in [-0.2, 0) is 11.2 Å². The molecule has 3 N–H and O–H groups in total. The van der Waals surface area contributed by atoms with Crippen molar-refractivity contribution in [2.24, 2.45) is 5.73 Å². The molecule has 10 heteroatoms. The topological polar surface area (TPSA) is 108 Å². The second-order valence-corrected chi connectivity index (χ2v) is 8.48. The third kappa shape index (κ3) is 6.46. The minimum absolute atomic E-state index is 0.0844. The number of alkyl halides is 3. The summed E-state index contributed by atoms with van der Waals surface area (Å²) < 4.78 is 52.6. The van der Waals surface area contributed by atoms with E-state index in [1.165, 1.54) is 31.5 Å². The van der Waals surface area contributed by atoms with Crippen LogP contribution in [0.5, 0.6) is 11.6 Å². The van der Waals surface area contributed by atoms with Crippen LogP contribution in [0.2, 0.25) is 0 Å². The Hall–Kier alpha value is -4.44. The smallest absolute Gasteiger partial charge is 0.429 e. The zero-order valence-electron chi connectivity index (χ0n) is 20.2. The number of nitrogens with zero attached hydrogens (tertiary/aromatic N) is 2. The van der Waals surface area contributed by atoms with Gasteiger partial charge in [-0.3, -0.25) is 4.79 Å².